The third kappa shape index (κ3) is 11.7. The Labute approximate surface area is 91.2 Å². The van der Waals surface area contributed by atoms with E-state index in [2.05, 4.69) is 13.8 Å². The maximum Gasteiger partial charge on any atom is 0.332 e. The topological polar surface area (TPSA) is 74.6 Å². The fraction of sp³-hybridized carbons (Fsp3) is 0.900. The van der Waals surface area contributed by atoms with E-state index in [-0.39, 0.29) is 5.78 Å². The summed E-state index contributed by atoms with van der Waals surface area (Å²) in [4.78, 5) is 28.2. The smallest absolute Gasteiger partial charge is 0.324 e. The van der Waals surface area contributed by atoms with Crippen LogP contribution in [0.25, 0.3) is 0 Å². The molecule has 0 aliphatic carbocycles. The SMILES string of the molecule is CC(C)CCCCCC(=O)CP(=O)(O)O. The molecule has 5 heteroatoms. The monoisotopic (exact) mass is 236 g/mol. The Kier molecular flexibility index (Phi) is 7.07. The first-order valence-corrected chi connectivity index (χ1v) is 7.17. The standard InChI is InChI=1S/C10H21O4P/c1-9(2)6-4-3-5-7-10(11)8-15(12,13)14/h9H,3-8H2,1-2H3,(H2,12,13,14). The number of carbonyl (C=O) groups is 1. The van der Waals surface area contributed by atoms with Crippen LogP contribution in [0.5, 0.6) is 0 Å². The normalized spacial score (nSPS) is 12.1. The van der Waals surface area contributed by atoms with Crippen LogP contribution in [-0.2, 0) is 9.36 Å². The second-order valence-electron chi connectivity index (χ2n) is 4.35. The molecule has 0 heterocycles. The van der Waals surface area contributed by atoms with Crippen LogP contribution in [0.3, 0.4) is 0 Å². The van der Waals surface area contributed by atoms with Gasteiger partial charge in [0.15, 0.2) is 0 Å². The molecule has 2 N–H and O–H groups in total. The highest BCUT2D eigenvalue weighted by Gasteiger charge is 2.18. The second kappa shape index (κ2) is 7.15. The van der Waals surface area contributed by atoms with Gasteiger partial charge in [-0.25, -0.2) is 0 Å². The zero-order chi connectivity index (χ0) is 11.9. The van der Waals surface area contributed by atoms with Crippen LogP contribution in [0.4, 0.5) is 0 Å². The van der Waals surface area contributed by atoms with E-state index in [1.54, 1.807) is 0 Å². The van der Waals surface area contributed by atoms with E-state index in [9.17, 15) is 9.36 Å². The molecule has 0 saturated carbocycles. The first-order chi connectivity index (χ1) is 6.81. The molecule has 15 heavy (non-hydrogen) atoms. The van der Waals surface area contributed by atoms with E-state index in [0.717, 1.165) is 25.7 Å². The molecule has 0 aromatic rings. The largest absolute Gasteiger partial charge is 0.332 e. The maximum absolute atomic E-state index is 11.1. The first kappa shape index (κ1) is 14.8. The van der Waals surface area contributed by atoms with Gasteiger partial charge in [-0.3, -0.25) is 9.36 Å². The van der Waals surface area contributed by atoms with Crippen molar-refractivity contribution in [2.24, 2.45) is 5.92 Å². The Morgan fingerprint density at radius 1 is 1.20 bits per heavy atom. The summed E-state index contributed by atoms with van der Waals surface area (Å²) in [6, 6.07) is 0. The van der Waals surface area contributed by atoms with E-state index >= 15 is 0 Å². The Balaban J connectivity index is 3.44. The van der Waals surface area contributed by atoms with Crippen LogP contribution in [0.1, 0.15) is 46.0 Å². The Bertz CT molecular complexity index is 232. The van der Waals surface area contributed by atoms with Crippen molar-refractivity contribution in [1.82, 2.24) is 0 Å². The molecule has 4 nitrogen and oxygen atoms in total. The van der Waals surface area contributed by atoms with Gasteiger partial charge in [-0.05, 0) is 12.3 Å². The summed E-state index contributed by atoms with van der Waals surface area (Å²) < 4.78 is 10.5. The highest BCUT2D eigenvalue weighted by atomic mass is 31.2. The van der Waals surface area contributed by atoms with Crippen molar-refractivity contribution in [2.75, 3.05) is 6.16 Å². The summed E-state index contributed by atoms with van der Waals surface area (Å²) in [6.45, 7) is 4.30. The van der Waals surface area contributed by atoms with E-state index in [1.807, 2.05) is 0 Å². The third-order valence-electron chi connectivity index (χ3n) is 2.12. The first-order valence-electron chi connectivity index (χ1n) is 5.37. The number of ketones is 1. The summed E-state index contributed by atoms with van der Waals surface area (Å²) >= 11 is 0. The molecule has 0 radical (unpaired) electrons. The average molecular weight is 236 g/mol. The van der Waals surface area contributed by atoms with Gasteiger partial charge in [-0.15, -0.1) is 0 Å². The van der Waals surface area contributed by atoms with E-state index in [4.69, 9.17) is 9.79 Å². The maximum atomic E-state index is 11.1. The zero-order valence-corrected chi connectivity index (χ0v) is 10.4. The molecule has 0 spiro atoms. The van der Waals surface area contributed by atoms with Gasteiger partial charge in [0.05, 0.1) is 0 Å². The molecule has 0 aromatic heterocycles. The highest BCUT2D eigenvalue weighted by molar-refractivity contribution is 7.52. The highest BCUT2D eigenvalue weighted by Crippen LogP contribution is 2.34. The summed E-state index contributed by atoms with van der Waals surface area (Å²) in [5, 5.41) is 0. The molecule has 0 fully saturated rings. The van der Waals surface area contributed by atoms with E-state index in [0.29, 0.717) is 12.3 Å². The molecule has 0 aliphatic heterocycles. The number of unbranched alkanes of at least 4 members (excludes halogenated alkanes) is 2. The minimum atomic E-state index is -4.14. The van der Waals surface area contributed by atoms with E-state index < -0.39 is 13.8 Å². The molecule has 0 aliphatic rings. The lowest BCUT2D eigenvalue weighted by Gasteiger charge is -2.04. The summed E-state index contributed by atoms with van der Waals surface area (Å²) in [7, 11) is -4.14. The van der Waals surface area contributed by atoms with Crippen molar-refractivity contribution < 1.29 is 19.1 Å². The van der Waals surface area contributed by atoms with Gasteiger partial charge in [-0.1, -0.05) is 33.1 Å². The van der Waals surface area contributed by atoms with Gasteiger partial charge in [0.2, 0.25) is 0 Å². The number of carbonyl (C=O) groups excluding carboxylic acids is 1. The number of hydrogen-bond donors (Lipinski definition) is 2. The van der Waals surface area contributed by atoms with Crippen molar-refractivity contribution >= 4 is 13.4 Å². The van der Waals surface area contributed by atoms with Crippen LogP contribution in [-0.4, -0.2) is 21.7 Å². The molecule has 0 unspecified atom stereocenters. The zero-order valence-electron chi connectivity index (χ0n) is 9.48. The van der Waals surface area contributed by atoms with Gasteiger partial charge < -0.3 is 9.79 Å². The molecule has 0 saturated heterocycles. The van der Waals surface area contributed by atoms with Crippen molar-refractivity contribution in [3.8, 4) is 0 Å². The van der Waals surface area contributed by atoms with Gasteiger partial charge in [0.25, 0.3) is 0 Å². The lowest BCUT2D eigenvalue weighted by atomic mass is 10.0. The predicted octanol–water partition coefficient (Wildman–Crippen LogP) is 2.34. The summed E-state index contributed by atoms with van der Waals surface area (Å²) in [5.41, 5.74) is 0. The molecular weight excluding hydrogens is 215 g/mol. The van der Waals surface area contributed by atoms with Crippen molar-refractivity contribution in [2.45, 2.75) is 46.0 Å². The van der Waals surface area contributed by atoms with Gasteiger partial charge in [-0.2, -0.15) is 0 Å². The fourth-order valence-corrected chi connectivity index (χ4v) is 1.98. The van der Waals surface area contributed by atoms with Crippen LogP contribution in [0.2, 0.25) is 0 Å². The van der Waals surface area contributed by atoms with Crippen LogP contribution in [0.15, 0.2) is 0 Å². The van der Waals surface area contributed by atoms with Gasteiger partial charge in [0, 0.05) is 6.42 Å². The third-order valence-corrected chi connectivity index (χ3v) is 2.88. The molecule has 0 amide bonds. The molecule has 0 rings (SSSR count). The lowest BCUT2D eigenvalue weighted by molar-refractivity contribution is -0.117. The van der Waals surface area contributed by atoms with Gasteiger partial charge >= 0.3 is 7.60 Å². The quantitative estimate of drug-likeness (QED) is 0.501. The van der Waals surface area contributed by atoms with Crippen LogP contribution in [0, 0.1) is 5.92 Å². The summed E-state index contributed by atoms with van der Waals surface area (Å²) in [5.74, 6) is 0.351. The Morgan fingerprint density at radius 2 is 1.80 bits per heavy atom. The molecular formula is C10H21O4P. The Morgan fingerprint density at radius 3 is 2.27 bits per heavy atom. The van der Waals surface area contributed by atoms with Crippen LogP contribution < -0.4 is 0 Å². The van der Waals surface area contributed by atoms with Crippen molar-refractivity contribution in [1.29, 1.82) is 0 Å². The average Bonchev–Trinajstić information content (AvgIpc) is 1.99. The number of hydrogen-bond acceptors (Lipinski definition) is 2. The Hall–Kier alpha value is -0.180. The van der Waals surface area contributed by atoms with E-state index in [1.165, 1.54) is 0 Å². The minimum Gasteiger partial charge on any atom is -0.324 e. The second-order valence-corrected chi connectivity index (χ2v) is 6.00. The lowest BCUT2D eigenvalue weighted by Crippen LogP contribution is -2.04. The molecule has 0 aromatic carbocycles. The molecule has 90 valence electrons. The van der Waals surface area contributed by atoms with Gasteiger partial charge in [0.1, 0.15) is 11.9 Å². The van der Waals surface area contributed by atoms with Crippen LogP contribution >= 0.6 is 7.60 Å². The predicted molar refractivity (Wildman–Crippen MR) is 59.8 cm³/mol. The molecule has 0 bridgehead atoms. The number of rotatable bonds is 8. The number of Topliss-reactive ketones (excluding diaryl/α,β-unsaturated/α-hetero) is 1. The van der Waals surface area contributed by atoms with Crippen molar-refractivity contribution in [3.05, 3.63) is 0 Å². The molecule has 0 atom stereocenters. The summed E-state index contributed by atoms with van der Waals surface area (Å²) in [6.07, 6.45) is 3.63. The minimum absolute atomic E-state index is 0.295. The fourth-order valence-electron chi connectivity index (χ4n) is 1.36. The van der Waals surface area contributed by atoms with Crippen molar-refractivity contribution in [3.63, 3.8) is 0 Å².